The van der Waals surface area contributed by atoms with E-state index in [1.807, 2.05) is 6.08 Å². The average molecular weight is 211 g/mol. The first-order valence-corrected chi connectivity index (χ1v) is 5.48. The molecule has 1 fully saturated rings. The summed E-state index contributed by atoms with van der Waals surface area (Å²) in [5.41, 5.74) is 6.38. The van der Waals surface area contributed by atoms with Crippen molar-refractivity contribution in [3.8, 4) is 0 Å². The van der Waals surface area contributed by atoms with E-state index in [-0.39, 0.29) is 11.9 Å². The molecule has 4 heteroatoms. The van der Waals surface area contributed by atoms with Crippen LogP contribution in [0, 0.1) is 0 Å². The Balaban J connectivity index is 2.07. The van der Waals surface area contributed by atoms with Gasteiger partial charge in [-0.25, -0.2) is 4.39 Å². The van der Waals surface area contributed by atoms with Gasteiger partial charge in [0.1, 0.15) is 5.83 Å². The zero-order valence-corrected chi connectivity index (χ0v) is 9.04. The van der Waals surface area contributed by atoms with Crippen LogP contribution in [0.15, 0.2) is 23.7 Å². The SMILES string of the molecule is CC1CN(C2=CCC(N)C=C2F)CCN1. The van der Waals surface area contributed by atoms with Gasteiger partial charge in [0.2, 0.25) is 0 Å². The van der Waals surface area contributed by atoms with E-state index < -0.39 is 0 Å². The van der Waals surface area contributed by atoms with Crippen molar-refractivity contribution in [2.45, 2.75) is 25.4 Å². The van der Waals surface area contributed by atoms with E-state index in [1.54, 1.807) is 0 Å². The lowest BCUT2D eigenvalue weighted by molar-refractivity contribution is 0.250. The minimum atomic E-state index is -0.164. The summed E-state index contributed by atoms with van der Waals surface area (Å²) in [5.74, 6) is -0.164. The summed E-state index contributed by atoms with van der Waals surface area (Å²) in [6.07, 6.45) is 4.17. The average Bonchev–Trinajstić information content (AvgIpc) is 2.17. The topological polar surface area (TPSA) is 41.3 Å². The molecule has 0 bridgehead atoms. The van der Waals surface area contributed by atoms with Crippen LogP contribution in [0.3, 0.4) is 0 Å². The number of piperazine rings is 1. The largest absolute Gasteiger partial charge is 0.367 e. The lowest BCUT2D eigenvalue weighted by atomic mass is 10.0. The maximum absolute atomic E-state index is 13.7. The zero-order valence-electron chi connectivity index (χ0n) is 9.04. The summed E-state index contributed by atoms with van der Waals surface area (Å²) in [6, 6.07) is 0.261. The maximum atomic E-state index is 13.7. The van der Waals surface area contributed by atoms with Crippen LogP contribution in [0.2, 0.25) is 0 Å². The van der Waals surface area contributed by atoms with Crippen LogP contribution in [-0.4, -0.2) is 36.6 Å². The van der Waals surface area contributed by atoms with Crippen LogP contribution in [0.1, 0.15) is 13.3 Å². The normalized spacial score (nSPS) is 32.3. The Bertz CT molecular complexity index is 298. The number of rotatable bonds is 1. The number of nitrogens with two attached hydrogens (primary N) is 1. The molecule has 1 aliphatic carbocycles. The molecule has 1 saturated heterocycles. The standard InChI is InChI=1S/C11H18FN3/c1-8-7-15(5-4-14-8)11-3-2-9(13)6-10(11)12/h3,6,8-9,14H,2,4-5,7,13H2,1H3. The first-order chi connectivity index (χ1) is 7.16. The maximum Gasteiger partial charge on any atom is 0.143 e. The van der Waals surface area contributed by atoms with Crippen molar-refractivity contribution in [3.63, 3.8) is 0 Å². The minimum absolute atomic E-state index is 0.158. The van der Waals surface area contributed by atoms with Gasteiger partial charge in [-0.05, 0) is 19.4 Å². The van der Waals surface area contributed by atoms with E-state index in [2.05, 4.69) is 17.1 Å². The molecule has 0 saturated carbocycles. The molecule has 3 nitrogen and oxygen atoms in total. The van der Waals surface area contributed by atoms with Gasteiger partial charge >= 0.3 is 0 Å². The Morgan fingerprint density at radius 2 is 2.40 bits per heavy atom. The zero-order chi connectivity index (χ0) is 10.8. The molecule has 2 atom stereocenters. The van der Waals surface area contributed by atoms with E-state index >= 15 is 0 Å². The molecule has 0 radical (unpaired) electrons. The van der Waals surface area contributed by atoms with Crippen LogP contribution in [0.25, 0.3) is 0 Å². The van der Waals surface area contributed by atoms with E-state index in [9.17, 15) is 4.39 Å². The van der Waals surface area contributed by atoms with Crippen molar-refractivity contribution < 1.29 is 4.39 Å². The van der Waals surface area contributed by atoms with Gasteiger partial charge in [0.25, 0.3) is 0 Å². The Morgan fingerprint density at radius 3 is 3.07 bits per heavy atom. The highest BCUT2D eigenvalue weighted by Crippen LogP contribution is 2.23. The summed E-state index contributed by atoms with van der Waals surface area (Å²) in [6.45, 7) is 4.76. The summed E-state index contributed by atoms with van der Waals surface area (Å²) < 4.78 is 13.7. The Labute approximate surface area is 89.8 Å². The molecular formula is C11H18FN3. The Kier molecular flexibility index (Phi) is 3.07. The molecule has 2 unspecified atom stereocenters. The van der Waals surface area contributed by atoms with Crippen molar-refractivity contribution >= 4 is 0 Å². The quantitative estimate of drug-likeness (QED) is 0.672. The molecule has 2 rings (SSSR count). The second-order valence-electron chi connectivity index (χ2n) is 4.30. The van der Waals surface area contributed by atoms with Crippen LogP contribution < -0.4 is 11.1 Å². The fourth-order valence-electron chi connectivity index (χ4n) is 2.12. The minimum Gasteiger partial charge on any atom is -0.367 e. The van der Waals surface area contributed by atoms with Gasteiger partial charge in [-0.1, -0.05) is 6.08 Å². The van der Waals surface area contributed by atoms with Gasteiger partial charge in [0.05, 0.1) is 5.70 Å². The third kappa shape index (κ3) is 2.38. The molecule has 0 spiro atoms. The molecular weight excluding hydrogens is 193 g/mol. The molecule has 0 aromatic carbocycles. The third-order valence-electron chi connectivity index (χ3n) is 2.90. The Morgan fingerprint density at radius 1 is 1.60 bits per heavy atom. The lowest BCUT2D eigenvalue weighted by Gasteiger charge is -2.35. The van der Waals surface area contributed by atoms with Crippen molar-refractivity contribution in [1.29, 1.82) is 0 Å². The Hall–Kier alpha value is -0.870. The number of hydrogen-bond donors (Lipinski definition) is 2. The van der Waals surface area contributed by atoms with Crippen LogP contribution in [-0.2, 0) is 0 Å². The molecule has 15 heavy (non-hydrogen) atoms. The summed E-state index contributed by atoms with van der Waals surface area (Å²) in [5, 5.41) is 3.34. The van der Waals surface area contributed by atoms with E-state index in [0.29, 0.717) is 6.04 Å². The summed E-state index contributed by atoms with van der Waals surface area (Å²) >= 11 is 0. The van der Waals surface area contributed by atoms with E-state index in [4.69, 9.17) is 5.73 Å². The van der Waals surface area contributed by atoms with Crippen LogP contribution >= 0.6 is 0 Å². The van der Waals surface area contributed by atoms with E-state index in [1.165, 1.54) is 6.08 Å². The number of allylic oxidation sites excluding steroid dienone is 1. The fraction of sp³-hybridized carbons (Fsp3) is 0.636. The van der Waals surface area contributed by atoms with Gasteiger partial charge in [-0.2, -0.15) is 0 Å². The smallest absolute Gasteiger partial charge is 0.143 e. The number of nitrogens with zero attached hydrogens (tertiary/aromatic N) is 1. The van der Waals surface area contributed by atoms with Crippen LogP contribution in [0.5, 0.6) is 0 Å². The predicted octanol–water partition coefficient (Wildman–Crippen LogP) is 0.748. The lowest BCUT2D eigenvalue weighted by Crippen LogP contribution is -2.49. The molecule has 1 heterocycles. The van der Waals surface area contributed by atoms with Crippen molar-refractivity contribution in [3.05, 3.63) is 23.7 Å². The molecule has 84 valence electrons. The van der Waals surface area contributed by atoms with Gasteiger partial charge in [0, 0.05) is 31.7 Å². The van der Waals surface area contributed by atoms with Crippen molar-refractivity contribution in [1.82, 2.24) is 10.2 Å². The first-order valence-electron chi connectivity index (χ1n) is 5.48. The highest BCUT2D eigenvalue weighted by Gasteiger charge is 2.22. The predicted molar refractivity (Wildman–Crippen MR) is 58.9 cm³/mol. The number of nitrogens with one attached hydrogen (secondary N) is 1. The molecule has 2 aliphatic rings. The number of halogens is 1. The monoisotopic (exact) mass is 211 g/mol. The van der Waals surface area contributed by atoms with Gasteiger partial charge in [-0.15, -0.1) is 0 Å². The molecule has 1 aliphatic heterocycles. The second-order valence-corrected chi connectivity index (χ2v) is 4.30. The second kappa shape index (κ2) is 4.33. The van der Waals surface area contributed by atoms with E-state index in [0.717, 1.165) is 31.8 Å². The third-order valence-corrected chi connectivity index (χ3v) is 2.90. The van der Waals surface area contributed by atoms with Gasteiger partial charge < -0.3 is 16.0 Å². The first kappa shape index (κ1) is 10.6. The van der Waals surface area contributed by atoms with Crippen molar-refractivity contribution in [2.24, 2.45) is 5.73 Å². The van der Waals surface area contributed by atoms with Crippen LogP contribution in [0.4, 0.5) is 4.39 Å². The molecule has 3 N–H and O–H groups in total. The molecule has 0 aromatic rings. The van der Waals surface area contributed by atoms with Gasteiger partial charge in [0.15, 0.2) is 0 Å². The summed E-state index contributed by atoms with van der Waals surface area (Å²) in [7, 11) is 0. The van der Waals surface area contributed by atoms with Crippen molar-refractivity contribution in [2.75, 3.05) is 19.6 Å². The molecule has 0 aromatic heterocycles. The highest BCUT2D eigenvalue weighted by molar-refractivity contribution is 5.30. The molecule has 0 amide bonds. The fourth-order valence-corrected chi connectivity index (χ4v) is 2.12. The van der Waals surface area contributed by atoms with Gasteiger partial charge in [-0.3, -0.25) is 0 Å². The summed E-state index contributed by atoms with van der Waals surface area (Å²) in [4.78, 5) is 2.10. The highest BCUT2D eigenvalue weighted by atomic mass is 19.1. The number of hydrogen-bond acceptors (Lipinski definition) is 3.